The lowest BCUT2D eigenvalue weighted by molar-refractivity contribution is 0.0871. The minimum absolute atomic E-state index is 0.0948. The molecule has 0 aliphatic rings. The molecule has 112 valence electrons. The van der Waals surface area contributed by atoms with Crippen molar-refractivity contribution >= 4 is 5.91 Å². The van der Waals surface area contributed by atoms with Crippen molar-refractivity contribution in [1.29, 1.82) is 0 Å². The third kappa shape index (κ3) is 3.87. The van der Waals surface area contributed by atoms with Gasteiger partial charge < -0.3 is 19.9 Å². The molecule has 1 rings (SSSR count). The standard InChI is InChI=1S/C15H23NO4/c1-9(2)12(17)8-16-15(18)11-6-13(19-4)10(3)14(7-11)20-5/h6-7,9,12,17H,8H2,1-5H3,(H,16,18). The van der Waals surface area contributed by atoms with Gasteiger partial charge in [-0.05, 0) is 25.0 Å². The van der Waals surface area contributed by atoms with Crippen molar-refractivity contribution in [3.05, 3.63) is 23.3 Å². The van der Waals surface area contributed by atoms with Crippen LogP contribution in [0.2, 0.25) is 0 Å². The number of benzene rings is 1. The number of carbonyl (C=O) groups is 1. The lowest BCUT2D eigenvalue weighted by Crippen LogP contribution is -2.34. The first-order valence-corrected chi connectivity index (χ1v) is 6.59. The van der Waals surface area contributed by atoms with Crippen molar-refractivity contribution in [2.45, 2.75) is 26.9 Å². The number of methoxy groups -OCH3 is 2. The molecule has 0 aliphatic carbocycles. The van der Waals surface area contributed by atoms with Crippen LogP contribution in [0.5, 0.6) is 11.5 Å². The highest BCUT2D eigenvalue weighted by molar-refractivity contribution is 5.95. The number of hydrogen-bond acceptors (Lipinski definition) is 4. The number of nitrogens with one attached hydrogen (secondary N) is 1. The number of aliphatic hydroxyl groups is 1. The van der Waals surface area contributed by atoms with E-state index in [2.05, 4.69) is 5.32 Å². The summed E-state index contributed by atoms with van der Waals surface area (Å²) in [6, 6.07) is 3.32. The van der Waals surface area contributed by atoms with E-state index in [1.54, 1.807) is 26.4 Å². The number of ether oxygens (including phenoxy) is 2. The summed E-state index contributed by atoms with van der Waals surface area (Å²) in [4.78, 5) is 12.1. The van der Waals surface area contributed by atoms with E-state index in [0.29, 0.717) is 17.1 Å². The second-order valence-corrected chi connectivity index (χ2v) is 5.03. The van der Waals surface area contributed by atoms with E-state index >= 15 is 0 Å². The predicted octanol–water partition coefficient (Wildman–Crippen LogP) is 1.76. The summed E-state index contributed by atoms with van der Waals surface area (Å²) in [6.45, 7) is 5.88. The third-order valence-corrected chi connectivity index (χ3v) is 3.26. The molecule has 2 N–H and O–H groups in total. The van der Waals surface area contributed by atoms with Crippen LogP contribution in [0, 0.1) is 12.8 Å². The van der Waals surface area contributed by atoms with Gasteiger partial charge in [-0.25, -0.2) is 0 Å². The number of aliphatic hydroxyl groups excluding tert-OH is 1. The van der Waals surface area contributed by atoms with Crippen LogP contribution < -0.4 is 14.8 Å². The maximum atomic E-state index is 12.1. The fraction of sp³-hybridized carbons (Fsp3) is 0.533. The largest absolute Gasteiger partial charge is 0.496 e. The molecule has 5 heteroatoms. The third-order valence-electron chi connectivity index (χ3n) is 3.26. The molecule has 0 aliphatic heterocycles. The molecule has 0 saturated heterocycles. The van der Waals surface area contributed by atoms with Gasteiger partial charge in [0.15, 0.2) is 0 Å². The SMILES string of the molecule is COc1cc(C(=O)NCC(O)C(C)C)cc(OC)c1C. The minimum atomic E-state index is -0.562. The van der Waals surface area contributed by atoms with Gasteiger partial charge >= 0.3 is 0 Å². The lowest BCUT2D eigenvalue weighted by atomic mass is 10.1. The topological polar surface area (TPSA) is 67.8 Å². The first-order chi connectivity index (χ1) is 9.40. The summed E-state index contributed by atoms with van der Waals surface area (Å²) in [5.41, 5.74) is 1.29. The molecular weight excluding hydrogens is 258 g/mol. The van der Waals surface area contributed by atoms with E-state index in [9.17, 15) is 9.90 Å². The molecule has 0 radical (unpaired) electrons. The van der Waals surface area contributed by atoms with Crippen LogP contribution >= 0.6 is 0 Å². The molecule has 0 spiro atoms. The molecule has 0 saturated carbocycles. The minimum Gasteiger partial charge on any atom is -0.496 e. The Kier molecular flexibility index (Phi) is 5.82. The molecule has 1 atom stereocenters. The summed E-state index contributed by atoms with van der Waals surface area (Å²) >= 11 is 0. The number of rotatable bonds is 6. The van der Waals surface area contributed by atoms with E-state index < -0.39 is 6.10 Å². The van der Waals surface area contributed by atoms with E-state index in [4.69, 9.17) is 9.47 Å². The van der Waals surface area contributed by atoms with Gasteiger partial charge in [0, 0.05) is 17.7 Å². The maximum absolute atomic E-state index is 12.1. The Morgan fingerprint density at radius 3 is 2.15 bits per heavy atom. The van der Waals surface area contributed by atoms with Crippen LogP contribution in [0.4, 0.5) is 0 Å². The van der Waals surface area contributed by atoms with Gasteiger partial charge in [-0.3, -0.25) is 4.79 Å². The smallest absolute Gasteiger partial charge is 0.251 e. The predicted molar refractivity (Wildman–Crippen MR) is 77.5 cm³/mol. The highest BCUT2D eigenvalue weighted by atomic mass is 16.5. The van der Waals surface area contributed by atoms with Gasteiger partial charge in [0.05, 0.1) is 20.3 Å². The highest BCUT2D eigenvalue weighted by Crippen LogP contribution is 2.29. The average Bonchev–Trinajstić information content (AvgIpc) is 2.44. The zero-order chi connectivity index (χ0) is 15.3. The Hall–Kier alpha value is -1.75. The van der Waals surface area contributed by atoms with Crippen LogP contribution in [-0.2, 0) is 0 Å². The van der Waals surface area contributed by atoms with Crippen molar-refractivity contribution in [3.63, 3.8) is 0 Å². The Labute approximate surface area is 119 Å². The van der Waals surface area contributed by atoms with Crippen LogP contribution in [0.25, 0.3) is 0 Å². The first kappa shape index (κ1) is 16.3. The van der Waals surface area contributed by atoms with Gasteiger partial charge in [0.2, 0.25) is 0 Å². The highest BCUT2D eigenvalue weighted by Gasteiger charge is 2.15. The van der Waals surface area contributed by atoms with Crippen molar-refractivity contribution in [3.8, 4) is 11.5 Å². The van der Waals surface area contributed by atoms with E-state index in [1.807, 2.05) is 20.8 Å². The molecule has 0 fully saturated rings. The van der Waals surface area contributed by atoms with Crippen LogP contribution in [0.15, 0.2) is 12.1 Å². The molecule has 0 bridgehead atoms. The Balaban J connectivity index is 2.88. The molecule has 0 heterocycles. The number of hydrogen-bond donors (Lipinski definition) is 2. The molecule has 20 heavy (non-hydrogen) atoms. The van der Waals surface area contributed by atoms with E-state index in [1.165, 1.54) is 0 Å². The Bertz CT molecular complexity index is 446. The summed E-state index contributed by atoms with van der Waals surface area (Å²) in [6.07, 6.45) is -0.562. The summed E-state index contributed by atoms with van der Waals surface area (Å²) in [5.74, 6) is 1.02. The van der Waals surface area contributed by atoms with Crippen molar-refractivity contribution in [2.75, 3.05) is 20.8 Å². The molecular formula is C15H23NO4. The molecule has 1 amide bonds. The van der Waals surface area contributed by atoms with Gasteiger partial charge in [0.1, 0.15) is 11.5 Å². The number of carbonyl (C=O) groups excluding carboxylic acids is 1. The van der Waals surface area contributed by atoms with Gasteiger partial charge in [-0.2, -0.15) is 0 Å². The maximum Gasteiger partial charge on any atom is 0.251 e. The van der Waals surface area contributed by atoms with Crippen LogP contribution in [-0.4, -0.2) is 37.9 Å². The fourth-order valence-electron chi connectivity index (χ4n) is 1.75. The summed E-state index contributed by atoms with van der Waals surface area (Å²) in [5, 5.41) is 12.4. The quantitative estimate of drug-likeness (QED) is 0.833. The van der Waals surface area contributed by atoms with Crippen molar-refractivity contribution in [2.24, 2.45) is 5.92 Å². The summed E-state index contributed by atoms with van der Waals surface area (Å²) < 4.78 is 10.5. The Morgan fingerprint density at radius 1 is 1.25 bits per heavy atom. The van der Waals surface area contributed by atoms with Gasteiger partial charge in [-0.1, -0.05) is 13.8 Å². The zero-order valence-electron chi connectivity index (χ0n) is 12.7. The van der Waals surface area contributed by atoms with E-state index in [-0.39, 0.29) is 18.4 Å². The normalized spacial score (nSPS) is 12.2. The second kappa shape index (κ2) is 7.14. The fourth-order valence-corrected chi connectivity index (χ4v) is 1.75. The summed E-state index contributed by atoms with van der Waals surface area (Å²) in [7, 11) is 3.10. The van der Waals surface area contributed by atoms with Crippen molar-refractivity contribution in [1.82, 2.24) is 5.32 Å². The molecule has 0 aromatic heterocycles. The molecule has 1 aromatic carbocycles. The zero-order valence-corrected chi connectivity index (χ0v) is 12.7. The van der Waals surface area contributed by atoms with Crippen molar-refractivity contribution < 1.29 is 19.4 Å². The van der Waals surface area contributed by atoms with Gasteiger partial charge in [-0.15, -0.1) is 0 Å². The first-order valence-electron chi connectivity index (χ1n) is 6.59. The van der Waals surface area contributed by atoms with Gasteiger partial charge in [0.25, 0.3) is 5.91 Å². The van der Waals surface area contributed by atoms with Crippen LogP contribution in [0.3, 0.4) is 0 Å². The molecule has 1 aromatic rings. The lowest BCUT2D eigenvalue weighted by Gasteiger charge is -2.16. The number of amides is 1. The Morgan fingerprint density at radius 2 is 1.75 bits per heavy atom. The van der Waals surface area contributed by atoms with E-state index in [0.717, 1.165) is 5.56 Å². The average molecular weight is 281 g/mol. The second-order valence-electron chi connectivity index (χ2n) is 5.03. The molecule has 1 unspecified atom stereocenters. The van der Waals surface area contributed by atoms with Crippen LogP contribution in [0.1, 0.15) is 29.8 Å². The monoisotopic (exact) mass is 281 g/mol. The molecule has 5 nitrogen and oxygen atoms in total.